The average molecular weight is 483 g/mol. The van der Waals surface area contributed by atoms with E-state index >= 15 is 0 Å². The summed E-state index contributed by atoms with van der Waals surface area (Å²) in [7, 11) is 2.76. The number of ether oxygens (including phenoxy) is 3. The third kappa shape index (κ3) is 7.38. The van der Waals surface area contributed by atoms with Crippen molar-refractivity contribution < 1.29 is 28.6 Å². The summed E-state index contributed by atoms with van der Waals surface area (Å²) < 4.78 is 16.0. The Kier molecular flexibility index (Phi) is 9.52. The van der Waals surface area contributed by atoms with Crippen LogP contribution in [-0.2, 0) is 25.5 Å². The fourth-order valence-electron chi connectivity index (χ4n) is 3.68. The number of carbonyl (C=O) groups is 3. The first-order valence-electron chi connectivity index (χ1n) is 11.4. The fourth-order valence-corrected chi connectivity index (χ4v) is 3.68. The number of hydrogen-bond acceptors (Lipinski definition) is 6. The molecule has 0 fully saturated rings. The molecule has 35 heavy (non-hydrogen) atoms. The highest BCUT2D eigenvalue weighted by atomic mass is 16.6. The van der Waals surface area contributed by atoms with Crippen molar-refractivity contribution in [1.82, 2.24) is 10.2 Å². The zero-order valence-corrected chi connectivity index (χ0v) is 21.2. The van der Waals surface area contributed by atoms with Gasteiger partial charge in [-0.05, 0) is 44.2 Å². The standard InChI is InChI=1S/C27H34N2O6/c1-8-16-34-23-15-14-18(19-12-10-11-13-20(19)23)17-21(25(31)33-7)28-24(30)22(9-2)29(6)26(32)35-27(3,4)5/h1,10-15,21-22H,9,16-17H2,2-7H3,(H,28,30)/t21-,22-/m0/s1. The molecule has 0 aromatic heterocycles. The van der Waals surface area contributed by atoms with Crippen LogP contribution in [0, 0.1) is 12.3 Å². The number of nitrogens with one attached hydrogen (secondary N) is 1. The predicted octanol–water partition coefficient (Wildman–Crippen LogP) is 3.70. The summed E-state index contributed by atoms with van der Waals surface area (Å²) in [5, 5.41) is 4.46. The number of fused-ring (bicyclic) bond motifs is 1. The lowest BCUT2D eigenvalue weighted by Gasteiger charge is -2.30. The first-order valence-corrected chi connectivity index (χ1v) is 11.4. The van der Waals surface area contributed by atoms with Crippen LogP contribution in [0.25, 0.3) is 10.8 Å². The smallest absolute Gasteiger partial charge is 0.410 e. The Labute approximate surface area is 206 Å². The molecule has 0 bridgehead atoms. The van der Waals surface area contributed by atoms with Crippen molar-refractivity contribution in [1.29, 1.82) is 0 Å². The van der Waals surface area contributed by atoms with E-state index in [1.54, 1.807) is 33.8 Å². The van der Waals surface area contributed by atoms with E-state index in [2.05, 4.69) is 11.2 Å². The van der Waals surface area contributed by atoms with Gasteiger partial charge in [-0.25, -0.2) is 9.59 Å². The van der Waals surface area contributed by atoms with Crippen LogP contribution < -0.4 is 10.1 Å². The number of likely N-dealkylation sites (N-methyl/N-ethyl adjacent to an activating group) is 1. The molecule has 8 heteroatoms. The van der Waals surface area contributed by atoms with Gasteiger partial charge in [0.2, 0.25) is 5.91 Å². The Morgan fingerprint density at radius 2 is 1.77 bits per heavy atom. The van der Waals surface area contributed by atoms with Crippen LogP contribution in [0.4, 0.5) is 4.79 Å². The van der Waals surface area contributed by atoms with Gasteiger partial charge in [-0.3, -0.25) is 9.69 Å². The Balaban J connectivity index is 2.29. The van der Waals surface area contributed by atoms with E-state index in [9.17, 15) is 14.4 Å². The molecule has 0 aliphatic heterocycles. The highest BCUT2D eigenvalue weighted by molar-refractivity contribution is 5.93. The van der Waals surface area contributed by atoms with Gasteiger partial charge < -0.3 is 19.5 Å². The maximum atomic E-state index is 13.1. The quantitative estimate of drug-likeness (QED) is 0.433. The minimum atomic E-state index is -0.963. The highest BCUT2D eigenvalue weighted by Gasteiger charge is 2.32. The lowest BCUT2D eigenvalue weighted by atomic mass is 9.97. The summed E-state index contributed by atoms with van der Waals surface area (Å²) >= 11 is 0. The molecule has 2 amide bonds. The number of methoxy groups -OCH3 is 1. The molecule has 1 N–H and O–H groups in total. The molecule has 0 unspecified atom stereocenters. The summed E-state index contributed by atoms with van der Waals surface area (Å²) in [6.07, 6.45) is 5.21. The van der Waals surface area contributed by atoms with Gasteiger partial charge in [0.1, 0.15) is 30.0 Å². The van der Waals surface area contributed by atoms with Crippen molar-refractivity contribution in [2.45, 2.75) is 58.2 Å². The monoisotopic (exact) mass is 482 g/mol. The first kappa shape index (κ1) is 27.5. The van der Waals surface area contributed by atoms with Gasteiger partial charge in [0.25, 0.3) is 0 Å². The van der Waals surface area contributed by atoms with Crippen LogP contribution in [0.3, 0.4) is 0 Å². The van der Waals surface area contributed by atoms with Crippen molar-refractivity contribution in [3.05, 3.63) is 42.0 Å². The van der Waals surface area contributed by atoms with Crippen LogP contribution in [0.2, 0.25) is 0 Å². The summed E-state index contributed by atoms with van der Waals surface area (Å²) in [4.78, 5) is 39.5. The third-order valence-electron chi connectivity index (χ3n) is 5.35. The van der Waals surface area contributed by atoms with E-state index in [4.69, 9.17) is 20.6 Å². The zero-order valence-electron chi connectivity index (χ0n) is 21.2. The van der Waals surface area contributed by atoms with Crippen molar-refractivity contribution in [2.24, 2.45) is 0 Å². The molecule has 0 saturated carbocycles. The van der Waals surface area contributed by atoms with Gasteiger partial charge >= 0.3 is 12.1 Å². The van der Waals surface area contributed by atoms with Gasteiger partial charge in [0, 0.05) is 18.9 Å². The molecule has 2 aromatic rings. The van der Waals surface area contributed by atoms with Gasteiger partial charge in [-0.1, -0.05) is 43.2 Å². The molecule has 0 radical (unpaired) electrons. The van der Waals surface area contributed by atoms with Crippen LogP contribution in [0.15, 0.2) is 36.4 Å². The summed E-state index contributed by atoms with van der Waals surface area (Å²) in [6.45, 7) is 7.16. The Hall–Kier alpha value is -3.73. The predicted molar refractivity (Wildman–Crippen MR) is 134 cm³/mol. The first-order chi connectivity index (χ1) is 16.5. The van der Waals surface area contributed by atoms with Gasteiger partial charge in [0.05, 0.1) is 7.11 Å². The van der Waals surface area contributed by atoms with E-state index < -0.39 is 35.7 Å². The number of hydrogen-bond donors (Lipinski definition) is 1. The second-order valence-corrected chi connectivity index (χ2v) is 9.06. The molecule has 188 valence electrons. The second-order valence-electron chi connectivity index (χ2n) is 9.06. The molecule has 0 aliphatic carbocycles. The number of benzene rings is 2. The molecule has 8 nitrogen and oxygen atoms in total. The summed E-state index contributed by atoms with van der Waals surface area (Å²) in [6, 6.07) is 9.41. The van der Waals surface area contributed by atoms with Crippen molar-refractivity contribution in [2.75, 3.05) is 20.8 Å². The van der Waals surface area contributed by atoms with E-state index in [-0.39, 0.29) is 13.0 Å². The number of esters is 1. The minimum Gasteiger partial charge on any atom is -0.480 e. The average Bonchev–Trinajstić information content (AvgIpc) is 2.81. The minimum absolute atomic E-state index is 0.133. The van der Waals surface area contributed by atoms with Crippen LogP contribution in [0.5, 0.6) is 5.75 Å². The SMILES string of the molecule is C#CCOc1ccc(C[C@H](NC(=O)[C@H](CC)N(C)C(=O)OC(C)(C)C)C(=O)OC)c2ccccc12. The fraction of sp³-hybridized carbons (Fsp3) is 0.444. The third-order valence-corrected chi connectivity index (χ3v) is 5.35. The Bertz CT molecular complexity index is 1100. The van der Waals surface area contributed by atoms with E-state index in [1.165, 1.54) is 19.1 Å². The number of amides is 2. The van der Waals surface area contributed by atoms with Crippen LogP contribution in [-0.4, -0.2) is 61.3 Å². The second kappa shape index (κ2) is 12.1. The number of rotatable bonds is 9. The summed E-state index contributed by atoms with van der Waals surface area (Å²) in [5.74, 6) is 2.01. The normalized spacial score (nSPS) is 12.7. The lowest BCUT2D eigenvalue weighted by molar-refractivity contribution is -0.145. The topological polar surface area (TPSA) is 94.2 Å². The molecule has 2 rings (SSSR count). The molecule has 2 atom stereocenters. The van der Waals surface area contributed by atoms with E-state index in [0.717, 1.165) is 16.3 Å². The number of terminal acetylenes is 1. The maximum absolute atomic E-state index is 13.1. The largest absolute Gasteiger partial charge is 0.480 e. The van der Waals surface area contributed by atoms with E-state index in [0.29, 0.717) is 12.2 Å². The molecular weight excluding hydrogens is 448 g/mol. The zero-order chi connectivity index (χ0) is 26.2. The Morgan fingerprint density at radius 3 is 2.34 bits per heavy atom. The van der Waals surface area contributed by atoms with Gasteiger partial charge in [-0.15, -0.1) is 6.42 Å². The molecule has 2 aromatic carbocycles. The molecule has 0 spiro atoms. The van der Waals surface area contributed by atoms with Gasteiger partial charge in [-0.2, -0.15) is 0 Å². The summed E-state index contributed by atoms with van der Waals surface area (Å²) in [5.41, 5.74) is 0.115. The molecule has 0 aliphatic rings. The Morgan fingerprint density at radius 1 is 1.11 bits per heavy atom. The van der Waals surface area contributed by atoms with Crippen molar-refractivity contribution in [3.63, 3.8) is 0 Å². The number of carbonyl (C=O) groups excluding carboxylic acids is 3. The maximum Gasteiger partial charge on any atom is 0.410 e. The molecule has 0 saturated heterocycles. The van der Waals surface area contributed by atoms with E-state index in [1.807, 2.05) is 30.3 Å². The number of nitrogens with zero attached hydrogens (tertiary/aromatic N) is 1. The van der Waals surface area contributed by atoms with Crippen molar-refractivity contribution >= 4 is 28.7 Å². The highest BCUT2D eigenvalue weighted by Crippen LogP contribution is 2.29. The molecular formula is C27H34N2O6. The van der Waals surface area contributed by atoms with Crippen LogP contribution >= 0.6 is 0 Å². The molecule has 0 heterocycles. The van der Waals surface area contributed by atoms with Crippen molar-refractivity contribution in [3.8, 4) is 18.1 Å². The van der Waals surface area contributed by atoms with Gasteiger partial charge in [0.15, 0.2) is 0 Å². The lowest BCUT2D eigenvalue weighted by Crippen LogP contribution is -2.53. The van der Waals surface area contributed by atoms with Crippen LogP contribution in [0.1, 0.15) is 39.7 Å².